The summed E-state index contributed by atoms with van der Waals surface area (Å²) in [6.45, 7) is 0. The SMILES string of the molecule is O=C(O)Cc1ccc[te]1. The van der Waals surface area contributed by atoms with Gasteiger partial charge in [-0.3, -0.25) is 0 Å². The van der Waals surface area contributed by atoms with Gasteiger partial charge in [0.2, 0.25) is 0 Å². The van der Waals surface area contributed by atoms with E-state index in [-0.39, 0.29) is 26.9 Å². The zero-order valence-electron chi connectivity index (χ0n) is 4.70. The third-order valence-electron chi connectivity index (χ3n) is 0.906. The van der Waals surface area contributed by atoms with Crippen LogP contribution in [0.4, 0.5) is 0 Å². The molecule has 0 bridgehead atoms. The molecule has 0 saturated heterocycles. The van der Waals surface area contributed by atoms with Crippen LogP contribution in [0, 0.1) is 0 Å². The molecule has 0 spiro atoms. The van der Waals surface area contributed by atoms with Crippen molar-refractivity contribution < 1.29 is 9.90 Å². The fraction of sp³-hybridized carbons (Fsp3) is 0.167. The van der Waals surface area contributed by atoms with Crippen LogP contribution < -0.4 is 0 Å². The van der Waals surface area contributed by atoms with Crippen LogP contribution in [0.3, 0.4) is 0 Å². The van der Waals surface area contributed by atoms with Crippen molar-refractivity contribution in [1.82, 2.24) is 0 Å². The van der Waals surface area contributed by atoms with E-state index in [2.05, 4.69) is 4.08 Å². The summed E-state index contributed by atoms with van der Waals surface area (Å²) in [4.78, 5) is 10.1. The molecule has 1 heterocycles. The van der Waals surface area contributed by atoms with Crippen LogP contribution in [0.1, 0.15) is 3.58 Å². The van der Waals surface area contributed by atoms with Crippen molar-refractivity contribution in [2.75, 3.05) is 0 Å². The summed E-state index contributed by atoms with van der Waals surface area (Å²) in [7, 11) is 0. The van der Waals surface area contributed by atoms with Crippen LogP contribution in [0.5, 0.6) is 0 Å². The molecule has 0 aliphatic heterocycles. The van der Waals surface area contributed by atoms with Gasteiger partial charge in [-0.2, -0.15) is 0 Å². The third kappa shape index (κ3) is 2.21. The number of carboxylic acid groups (broad SMARTS) is 1. The number of rotatable bonds is 2. The van der Waals surface area contributed by atoms with Crippen LogP contribution in [-0.4, -0.2) is 31.5 Å². The van der Waals surface area contributed by atoms with E-state index in [4.69, 9.17) is 5.11 Å². The number of carboxylic acids is 1. The fourth-order valence-electron chi connectivity index (χ4n) is 0.562. The fourth-order valence-corrected chi connectivity index (χ4v) is 2.55. The van der Waals surface area contributed by atoms with E-state index >= 15 is 0 Å². The maximum absolute atomic E-state index is 10.1. The summed E-state index contributed by atoms with van der Waals surface area (Å²) >= 11 is -0.216. The Bertz CT molecular complexity index is 191. The first kappa shape index (κ1) is 6.85. The predicted octanol–water partition coefficient (Wildman–Crippen LogP) is 0.371. The van der Waals surface area contributed by atoms with Gasteiger partial charge in [0.05, 0.1) is 0 Å². The van der Waals surface area contributed by atoms with Crippen molar-refractivity contribution >= 4 is 26.4 Å². The Labute approximate surface area is 62.7 Å². The van der Waals surface area contributed by atoms with Crippen LogP contribution in [0.25, 0.3) is 0 Å². The molecular weight excluding hydrogens is 232 g/mol. The summed E-state index contributed by atoms with van der Waals surface area (Å²) in [6.07, 6.45) is 0.245. The van der Waals surface area contributed by atoms with Crippen molar-refractivity contribution in [3.63, 3.8) is 0 Å². The normalized spacial score (nSPS) is 9.33. The number of hydrogen-bond acceptors (Lipinski definition) is 1. The Morgan fingerprint density at radius 2 is 2.56 bits per heavy atom. The summed E-state index contributed by atoms with van der Waals surface area (Å²) < 4.78 is 3.21. The van der Waals surface area contributed by atoms with Crippen molar-refractivity contribution in [3.8, 4) is 0 Å². The van der Waals surface area contributed by atoms with Crippen molar-refractivity contribution in [1.29, 1.82) is 0 Å². The molecule has 3 heteroatoms. The van der Waals surface area contributed by atoms with Gasteiger partial charge in [0.25, 0.3) is 0 Å². The van der Waals surface area contributed by atoms with Gasteiger partial charge in [-0.05, 0) is 0 Å². The van der Waals surface area contributed by atoms with Crippen LogP contribution in [0.15, 0.2) is 16.2 Å². The zero-order chi connectivity index (χ0) is 6.69. The Kier molecular flexibility index (Phi) is 2.32. The third-order valence-corrected chi connectivity index (χ3v) is 3.41. The monoisotopic (exact) mass is 240 g/mol. The molecule has 9 heavy (non-hydrogen) atoms. The average Bonchev–Trinajstić information content (AvgIpc) is 2.15. The first-order valence-electron chi connectivity index (χ1n) is 2.53. The van der Waals surface area contributed by atoms with Gasteiger partial charge in [0.1, 0.15) is 0 Å². The van der Waals surface area contributed by atoms with E-state index in [9.17, 15) is 4.79 Å². The molecule has 0 saturated carbocycles. The molecule has 0 fully saturated rings. The van der Waals surface area contributed by atoms with Gasteiger partial charge in [0, 0.05) is 0 Å². The van der Waals surface area contributed by atoms with Crippen molar-refractivity contribution in [2.24, 2.45) is 0 Å². The number of hydrogen-bond donors (Lipinski definition) is 1. The minimum atomic E-state index is -0.713. The molecule has 1 rings (SSSR count). The van der Waals surface area contributed by atoms with E-state index in [1.54, 1.807) is 0 Å². The first-order chi connectivity index (χ1) is 4.29. The quantitative estimate of drug-likeness (QED) is 0.755. The van der Waals surface area contributed by atoms with Gasteiger partial charge >= 0.3 is 62.5 Å². The minimum absolute atomic E-state index is 0.216. The molecule has 0 aliphatic rings. The second kappa shape index (κ2) is 3.05. The van der Waals surface area contributed by atoms with Crippen LogP contribution >= 0.6 is 0 Å². The molecule has 0 atom stereocenters. The van der Waals surface area contributed by atoms with E-state index in [1.165, 1.54) is 0 Å². The second-order valence-electron chi connectivity index (χ2n) is 1.65. The van der Waals surface area contributed by atoms with E-state index in [0.717, 1.165) is 3.58 Å². The van der Waals surface area contributed by atoms with E-state index < -0.39 is 5.97 Å². The summed E-state index contributed by atoms with van der Waals surface area (Å²) in [5, 5.41) is 8.33. The standard InChI is InChI=1S/C6H6O2Te/c7-6(8)4-5-2-1-3-9-5/h1-3H,4H2,(H,7,8). The topological polar surface area (TPSA) is 37.3 Å². The van der Waals surface area contributed by atoms with E-state index in [1.807, 2.05) is 12.1 Å². The van der Waals surface area contributed by atoms with Gasteiger partial charge in [-0.25, -0.2) is 0 Å². The van der Waals surface area contributed by atoms with Gasteiger partial charge in [0.15, 0.2) is 0 Å². The Morgan fingerprint density at radius 1 is 1.78 bits per heavy atom. The van der Waals surface area contributed by atoms with Crippen LogP contribution in [-0.2, 0) is 11.2 Å². The van der Waals surface area contributed by atoms with Crippen molar-refractivity contribution in [3.05, 3.63) is 19.8 Å². The Balaban J connectivity index is 2.58. The van der Waals surface area contributed by atoms with Gasteiger partial charge in [-0.1, -0.05) is 0 Å². The molecule has 1 aromatic heterocycles. The summed E-state index contributed by atoms with van der Waals surface area (Å²) in [6, 6.07) is 3.86. The maximum atomic E-state index is 10.1. The molecule has 0 amide bonds. The zero-order valence-corrected chi connectivity index (χ0v) is 7.03. The molecule has 0 unspecified atom stereocenters. The number of aliphatic carboxylic acids is 1. The molecule has 0 aliphatic carbocycles. The Hall–Kier alpha value is -0.260. The first-order valence-corrected chi connectivity index (χ1v) is 5.04. The summed E-state index contributed by atoms with van der Waals surface area (Å²) in [5.74, 6) is -0.713. The molecule has 2 nitrogen and oxygen atoms in total. The molecule has 48 valence electrons. The van der Waals surface area contributed by atoms with E-state index in [0.29, 0.717) is 0 Å². The van der Waals surface area contributed by atoms with Crippen LogP contribution in [0.2, 0.25) is 0 Å². The second-order valence-corrected chi connectivity index (χ2v) is 4.60. The summed E-state index contributed by atoms with van der Waals surface area (Å²) in [5.41, 5.74) is 0. The number of carbonyl (C=O) groups is 1. The molecule has 1 aromatic rings. The molecule has 0 aromatic carbocycles. The van der Waals surface area contributed by atoms with Gasteiger partial charge in [-0.15, -0.1) is 0 Å². The van der Waals surface area contributed by atoms with Gasteiger partial charge < -0.3 is 0 Å². The van der Waals surface area contributed by atoms with Crippen molar-refractivity contribution in [2.45, 2.75) is 6.42 Å². The predicted molar refractivity (Wildman–Crippen MR) is 34.7 cm³/mol. The Morgan fingerprint density at radius 3 is 3.00 bits per heavy atom. The molecule has 0 radical (unpaired) electrons. The average molecular weight is 238 g/mol. The molecule has 1 N–H and O–H groups in total. The molecular formula is C6H6O2Te.